The molecule has 1 unspecified atom stereocenters. The molecule has 3 rings (SSSR count). The minimum Gasteiger partial charge on any atom is -0.319 e. The van der Waals surface area contributed by atoms with Gasteiger partial charge in [0.1, 0.15) is 0 Å². The number of fused-ring (bicyclic) bond motifs is 1. The lowest BCUT2D eigenvalue weighted by Crippen LogP contribution is -1.98. The van der Waals surface area contributed by atoms with Crippen LogP contribution in [0.15, 0.2) is 53.7 Å². The van der Waals surface area contributed by atoms with Crippen LogP contribution in [-0.4, -0.2) is 14.5 Å². The molecule has 0 aliphatic rings. The Labute approximate surface area is 138 Å². The summed E-state index contributed by atoms with van der Waals surface area (Å²) in [4.78, 5) is 15.3. The van der Waals surface area contributed by atoms with Crippen LogP contribution in [0.3, 0.4) is 0 Å². The van der Waals surface area contributed by atoms with E-state index in [2.05, 4.69) is 17.6 Å². The summed E-state index contributed by atoms with van der Waals surface area (Å²) < 4.78 is 2.17. The van der Waals surface area contributed by atoms with Gasteiger partial charge in [-0.3, -0.25) is 10.1 Å². The van der Waals surface area contributed by atoms with Crippen molar-refractivity contribution >= 4 is 28.5 Å². The summed E-state index contributed by atoms with van der Waals surface area (Å²) in [7, 11) is 0. The Morgan fingerprint density at radius 2 is 2.04 bits per heavy atom. The Balaban J connectivity index is 1.92. The number of rotatable bonds is 5. The summed E-state index contributed by atoms with van der Waals surface area (Å²) in [5.41, 5.74) is 3.14. The van der Waals surface area contributed by atoms with Crippen LogP contribution in [0.1, 0.15) is 24.7 Å². The summed E-state index contributed by atoms with van der Waals surface area (Å²) in [6.07, 6.45) is 0. The van der Waals surface area contributed by atoms with E-state index in [0.717, 1.165) is 28.3 Å². The lowest BCUT2D eigenvalue weighted by Gasteiger charge is -2.12. The van der Waals surface area contributed by atoms with Gasteiger partial charge in [-0.1, -0.05) is 36.0 Å². The van der Waals surface area contributed by atoms with Crippen LogP contribution in [0, 0.1) is 10.1 Å². The minimum absolute atomic E-state index is 0.0806. The lowest BCUT2D eigenvalue weighted by molar-refractivity contribution is -0.384. The summed E-state index contributed by atoms with van der Waals surface area (Å²) in [5, 5.41) is 12.0. The first-order valence-corrected chi connectivity index (χ1v) is 8.34. The molecule has 0 amide bonds. The Morgan fingerprint density at radius 1 is 1.26 bits per heavy atom. The highest BCUT2D eigenvalue weighted by molar-refractivity contribution is 7.99. The van der Waals surface area contributed by atoms with Gasteiger partial charge in [-0.05, 0) is 31.5 Å². The van der Waals surface area contributed by atoms with E-state index in [0.29, 0.717) is 0 Å². The van der Waals surface area contributed by atoms with Crippen molar-refractivity contribution in [1.29, 1.82) is 0 Å². The van der Waals surface area contributed by atoms with Gasteiger partial charge in [-0.25, -0.2) is 4.98 Å². The van der Waals surface area contributed by atoms with Crippen molar-refractivity contribution in [2.45, 2.75) is 30.8 Å². The number of imidazole rings is 1. The normalized spacial score (nSPS) is 12.4. The molecule has 0 saturated carbocycles. The molecule has 1 heterocycles. The Hall–Kier alpha value is -2.34. The van der Waals surface area contributed by atoms with Gasteiger partial charge >= 0.3 is 0 Å². The predicted octanol–water partition coefficient (Wildman–Crippen LogP) is 4.82. The first-order chi connectivity index (χ1) is 11.1. The molecule has 1 atom stereocenters. The Kier molecular flexibility index (Phi) is 4.34. The summed E-state index contributed by atoms with van der Waals surface area (Å²) in [5.74, 6) is 0. The molecule has 2 aromatic carbocycles. The highest BCUT2D eigenvalue weighted by Crippen LogP contribution is 2.36. The number of aromatic nitrogens is 2. The van der Waals surface area contributed by atoms with E-state index in [-0.39, 0.29) is 15.9 Å². The van der Waals surface area contributed by atoms with Gasteiger partial charge < -0.3 is 4.57 Å². The van der Waals surface area contributed by atoms with E-state index in [1.54, 1.807) is 23.9 Å². The quantitative estimate of drug-likeness (QED) is 0.383. The third kappa shape index (κ3) is 3.07. The lowest BCUT2D eigenvalue weighted by atomic mass is 10.1. The number of non-ortho nitro benzene ring substituents is 1. The third-order valence-corrected chi connectivity index (χ3v) is 4.92. The smallest absolute Gasteiger partial charge is 0.269 e. The van der Waals surface area contributed by atoms with Crippen molar-refractivity contribution < 1.29 is 4.92 Å². The van der Waals surface area contributed by atoms with E-state index in [1.807, 2.05) is 31.2 Å². The predicted molar refractivity (Wildman–Crippen MR) is 92.8 cm³/mol. The zero-order valence-corrected chi connectivity index (χ0v) is 13.8. The number of thioether (sulfide) groups is 1. The molecule has 6 heteroatoms. The molecule has 0 aliphatic carbocycles. The molecule has 0 fully saturated rings. The molecule has 0 aliphatic heterocycles. The minimum atomic E-state index is -0.359. The zero-order valence-electron chi connectivity index (χ0n) is 13.0. The van der Waals surface area contributed by atoms with Crippen molar-refractivity contribution in [3.05, 3.63) is 64.2 Å². The van der Waals surface area contributed by atoms with E-state index >= 15 is 0 Å². The fourth-order valence-corrected chi connectivity index (χ4v) is 3.67. The number of nitro benzene ring substituents is 1. The molecule has 23 heavy (non-hydrogen) atoms. The maximum absolute atomic E-state index is 10.9. The van der Waals surface area contributed by atoms with Crippen LogP contribution in [0.4, 0.5) is 5.69 Å². The molecule has 0 radical (unpaired) electrons. The van der Waals surface area contributed by atoms with Gasteiger partial charge in [0.15, 0.2) is 5.16 Å². The van der Waals surface area contributed by atoms with Crippen molar-refractivity contribution in [3.63, 3.8) is 0 Å². The van der Waals surface area contributed by atoms with E-state index < -0.39 is 0 Å². The number of hydrogen-bond donors (Lipinski definition) is 0. The topological polar surface area (TPSA) is 61.0 Å². The van der Waals surface area contributed by atoms with Crippen LogP contribution in [0.2, 0.25) is 0 Å². The molecule has 0 N–H and O–H groups in total. The molecular formula is C17H17N3O2S. The Bertz CT molecular complexity index is 860. The van der Waals surface area contributed by atoms with Crippen LogP contribution in [0.5, 0.6) is 0 Å². The number of benzene rings is 2. The number of aryl methyl sites for hydroxylation is 1. The fraction of sp³-hybridized carbons (Fsp3) is 0.235. The number of para-hydroxylation sites is 2. The van der Waals surface area contributed by atoms with Crippen LogP contribution >= 0.6 is 11.8 Å². The van der Waals surface area contributed by atoms with Gasteiger partial charge in [0.05, 0.1) is 16.0 Å². The second-order valence-electron chi connectivity index (χ2n) is 5.24. The van der Waals surface area contributed by atoms with Crippen LogP contribution < -0.4 is 0 Å². The van der Waals surface area contributed by atoms with Crippen LogP contribution in [0.25, 0.3) is 11.0 Å². The molecular weight excluding hydrogens is 310 g/mol. The van der Waals surface area contributed by atoms with Crippen molar-refractivity contribution in [2.75, 3.05) is 0 Å². The molecule has 3 aromatic rings. The van der Waals surface area contributed by atoms with Gasteiger partial charge in [0, 0.05) is 23.9 Å². The first kappa shape index (κ1) is 15.6. The number of nitrogens with zero attached hydrogens (tertiary/aromatic N) is 3. The van der Waals surface area contributed by atoms with Crippen molar-refractivity contribution in [3.8, 4) is 0 Å². The van der Waals surface area contributed by atoms with Gasteiger partial charge in [-0.2, -0.15) is 0 Å². The molecule has 0 saturated heterocycles. The molecule has 5 nitrogen and oxygen atoms in total. The Morgan fingerprint density at radius 3 is 2.78 bits per heavy atom. The highest BCUT2D eigenvalue weighted by atomic mass is 32.2. The maximum atomic E-state index is 10.9. The number of hydrogen-bond acceptors (Lipinski definition) is 4. The SMILES string of the molecule is CCn1c(SC(C)c2cccc([N+](=O)[O-])c2)nc2ccccc21. The standard InChI is InChI=1S/C17H17N3O2S/c1-3-19-16-10-5-4-9-15(16)18-17(19)23-12(2)13-7-6-8-14(11-13)20(21)22/h4-12H,3H2,1-2H3. The van der Waals surface area contributed by atoms with E-state index in [1.165, 1.54) is 6.07 Å². The largest absolute Gasteiger partial charge is 0.319 e. The molecule has 118 valence electrons. The molecule has 1 aromatic heterocycles. The summed E-state index contributed by atoms with van der Waals surface area (Å²) >= 11 is 1.62. The highest BCUT2D eigenvalue weighted by Gasteiger charge is 2.16. The molecule has 0 bridgehead atoms. The summed E-state index contributed by atoms with van der Waals surface area (Å²) in [6.45, 7) is 4.98. The average Bonchev–Trinajstić information content (AvgIpc) is 2.91. The first-order valence-electron chi connectivity index (χ1n) is 7.46. The van der Waals surface area contributed by atoms with Gasteiger partial charge in [0.25, 0.3) is 5.69 Å². The van der Waals surface area contributed by atoms with Crippen molar-refractivity contribution in [1.82, 2.24) is 9.55 Å². The molecule has 0 spiro atoms. The summed E-state index contributed by atoms with van der Waals surface area (Å²) in [6, 6.07) is 14.9. The maximum Gasteiger partial charge on any atom is 0.269 e. The van der Waals surface area contributed by atoms with E-state index in [9.17, 15) is 10.1 Å². The zero-order chi connectivity index (χ0) is 16.4. The van der Waals surface area contributed by atoms with Gasteiger partial charge in [-0.15, -0.1) is 0 Å². The third-order valence-electron chi connectivity index (χ3n) is 3.77. The number of nitro groups is 1. The fourth-order valence-electron chi connectivity index (χ4n) is 2.57. The van der Waals surface area contributed by atoms with Crippen molar-refractivity contribution in [2.24, 2.45) is 0 Å². The van der Waals surface area contributed by atoms with Crippen LogP contribution in [-0.2, 0) is 6.54 Å². The van der Waals surface area contributed by atoms with E-state index in [4.69, 9.17) is 4.98 Å². The second kappa shape index (κ2) is 6.42. The van der Waals surface area contributed by atoms with Gasteiger partial charge in [0.2, 0.25) is 0 Å². The monoisotopic (exact) mass is 327 g/mol. The second-order valence-corrected chi connectivity index (χ2v) is 6.55. The average molecular weight is 327 g/mol.